The van der Waals surface area contributed by atoms with Crippen molar-refractivity contribution in [2.24, 2.45) is 0 Å². The summed E-state index contributed by atoms with van der Waals surface area (Å²) < 4.78 is 11.7. The monoisotopic (exact) mass is 493 g/mol. The maximum Gasteiger partial charge on any atom is 0.300 e. The van der Waals surface area contributed by atoms with E-state index in [1.165, 1.54) is 19.1 Å². The Morgan fingerprint density at radius 3 is 2.03 bits per heavy atom. The van der Waals surface area contributed by atoms with Crippen molar-refractivity contribution in [3.05, 3.63) is 94.0 Å². The van der Waals surface area contributed by atoms with Crippen molar-refractivity contribution < 1.29 is 24.2 Å². The number of rotatable bonds is 5. The number of carbonyl (C=O) groups is 2. The highest BCUT2D eigenvalue weighted by atomic mass is 79.9. The number of hydrogen-bond donors (Lipinski definition) is 1. The molecule has 3 aromatic rings. The number of methoxy groups -OCH3 is 2. The number of anilines is 1. The second-order valence-corrected chi connectivity index (χ2v) is 8.01. The van der Waals surface area contributed by atoms with Gasteiger partial charge in [-0.3, -0.25) is 14.5 Å². The number of aliphatic hydroxyl groups excluding tert-OH is 1. The molecule has 0 radical (unpaired) electrons. The van der Waals surface area contributed by atoms with Gasteiger partial charge in [0.05, 0.1) is 25.8 Å². The number of halogens is 1. The van der Waals surface area contributed by atoms with E-state index in [0.717, 1.165) is 4.47 Å². The van der Waals surface area contributed by atoms with E-state index in [0.29, 0.717) is 22.7 Å². The Morgan fingerprint density at radius 2 is 1.47 bits per heavy atom. The molecule has 4 rings (SSSR count). The van der Waals surface area contributed by atoms with Crippen LogP contribution in [0, 0.1) is 0 Å². The molecular weight excluding hydrogens is 474 g/mol. The average molecular weight is 494 g/mol. The van der Waals surface area contributed by atoms with Crippen LogP contribution >= 0.6 is 15.9 Å². The third-order valence-electron chi connectivity index (χ3n) is 5.33. The zero-order chi connectivity index (χ0) is 22.8. The third-order valence-corrected chi connectivity index (χ3v) is 5.86. The molecule has 1 N–H and O–H groups in total. The number of ether oxygens (including phenoxy) is 2. The van der Waals surface area contributed by atoms with Crippen molar-refractivity contribution in [3.63, 3.8) is 0 Å². The molecular formula is C25H20BrNO5. The molecule has 1 amide bonds. The summed E-state index contributed by atoms with van der Waals surface area (Å²) in [7, 11) is 2.92. The lowest BCUT2D eigenvalue weighted by Gasteiger charge is -2.25. The van der Waals surface area contributed by atoms with E-state index >= 15 is 0 Å². The van der Waals surface area contributed by atoms with E-state index in [1.807, 2.05) is 30.3 Å². The normalized spacial score (nSPS) is 17.5. The van der Waals surface area contributed by atoms with Crippen molar-refractivity contribution in [1.82, 2.24) is 0 Å². The maximum atomic E-state index is 13.3. The molecule has 6 nitrogen and oxygen atoms in total. The van der Waals surface area contributed by atoms with E-state index in [-0.39, 0.29) is 16.9 Å². The molecule has 1 saturated heterocycles. The van der Waals surface area contributed by atoms with Crippen LogP contribution in [0.4, 0.5) is 5.69 Å². The summed E-state index contributed by atoms with van der Waals surface area (Å²) >= 11 is 3.41. The fourth-order valence-electron chi connectivity index (χ4n) is 3.87. The summed E-state index contributed by atoms with van der Waals surface area (Å²) in [6.07, 6.45) is 0. The summed E-state index contributed by atoms with van der Waals surface area (Å²) in [6.45, 7) is 0. The second-order valence-electron chi connectivity index (χ2n) is 7.09. The van der Waals surface area contributed by atoms with Gasteiger partial charge in [0.1, 0.15) is 22.8 Å². The number of para-hydroxylation sites is 1. The van der Waals surface area contributed by atoms with Crippen LogP contribution in [0.1, 0.15) is 17.2 Å². The van der Waals surface area contributed by atoms with E-state index in [2.05, 4.69) is 15.9 Å². The maximum absolute atomic E-state index is 13.3. The van der Waals surface area contributed by atoms with Crippen LogP contribution in [0.25, 0.3) is 5.76 Å². The quantitative estimate of drug-likeness (QED) is 0.304. The molecule has 0 bridgehead atoms. The smallest absolute Gasteiger partial charge is 0.300 e. The van der Waals surface area contributed by atoms with Crippen LogP contribution < -0.4 is 14.4 Å². The van der Waals surface area contributed by atoms with Gasteiger partial charge in [-0.2, -0.15) is 0 Å². The van der Waals surface area contributed by atoms with Crippen molar-refractivity contribution in [2.75, 3.05) is 19.1 Å². The van der Waals surface area contributed by atoms with Crippen LogP contribution in [0.15, 0.2) is 82.8 Å². The van der Waals surface area contributed by atoms with Gasteiger partial charge < -0.3 is 14.6 Å². The molecule has 7 heteroatoms. The lowest BCUT2D eigenvalue weighted by molar-refractivity contribution is -0.132. The van der Waals surface area contributed by atoms with Crippen molar-refractivity contribution in [3.8, 4) is 11.5 Å². The van der Waals surface area contributed by atoms with Crippen molar-refractivity contribution in [2.45, 2.75) is 6.04 Å². The van der Waals surface area contributed by atoms with Gasteiger partial charge in [-0.15, -0.1) is 0 Å². The molecule has 1 fully saturated rings. The number of ketones is 1. The van der Waals surface area contributed by atoms with Crippen LogP contribution in [-0.4, -0.2) is 31.0 Å². The fourth-order valence-corrected chi connectivity index (χ4v) is 4.13. The van der Waals surface area contributed by atoms with Gasteiger partial charge in [0.2, 0.25) is 0 Å². The minimum Gasteiger partial charge on any atom is -0.506 e. The molecule has 1 atom stereocenters. The minimum absolute atomic E-state index is 0.0380. The van der Waals surface area contributed by atoms with Gasteiger partial charge >= 0.3 is 0 Å². The molecule has 0 spiro atoms. The lowest BCUT2D eigenvalue weighted by Crippen LogP contribution is -2.29. The van der Waals surface area contributed by atoms with E-state index in [9.17, 15) is 14.7 Å². The Labute approximate surface area is 193 Å². The predicted octanol–water partition coefficient (Wildman–Crippen LogP) is 5.09. The molecule has 32 heavy (non-hydrogen) atoms. The Bertz CT molecular complexity index is 1180. The summed E-state index contributed by atoms with van der Waals surface area (Å²) in [4.78, 5) is 27.8. The summed E-state index contributed by atoms with van der Waals surface area (Å²) in [5.74, 6) is -1.22. The standard InChI is InChI=1S/C25H20BrNO5/c1-31-18-9-6-10-19(32-2)20(18)23(28)21-22(15-11-13-16(26)14-12-15)27(25(30)24(21)29)17-7-4-3-5-8-17/h3-14,22,28H,1-2H3/b23-21+. The second kappa shape index (κ2) is 8.88. The minimum atomic E-state index is -0.833. The highest BCUT2D eigenvalue weighted by Crippen LogP contribution is 2.45. The number of nitrogens with zero attached hydrogens (tertiary/aromatic N) is 1. The molecule has 1 aliphatic rings. The Balaban J connectivity index is 2.01. The largest absolute Gasteiger partial charge is 0.506 e. The van der Waals surface area contributed by atoms with E-state index in [1.54, 1.807) is 42.5 Å². The number of benzene rings is 3. The first-order valence-corrected chi connectivity index (χ1v) is 10.6. The average Bonchev–Trinajstić information content (AvgIpc) is 3.09. The Kier molecular flexibility index (Phi) is 6.01. The van der Waals surface area contributed by atoms with Crippen LogP contribution in [-0.2, 0) is 9.59 Å². The first-order chi connectivity index (χ1) is 15.5. The SMILES string of the molecule is COc1cccc(OC)c1/C(O)=C1\C(=O)C(=O)N(c2ccccc2)C1c1ccc(Br)cc1. The molecule has 162 valence electrons. The highest BCUT2D eigenvalue weighted by Gasteiger charge is 2.47. The summed E-state index contributed by atoms with van der Waals surface area (Å²) in [6, 6.07) is 20.4. The van der Waals surface area contributed by atoms with E-state index in [4.69, 9.17) is 9.47 Å². The molecule has 0 saturated carbocycles. The van der Waals surface area contributed by atoms with Gasteiger partial charge in [0, 0.05) is 10.2 Å². The van der Waals surface area contributed by atoms with Gasteiger partial charge in [-0.1, -0.05) is 52.3 Å². The number of Topliss-reactive ketones (excluding diaryl/α,β-unsaturated/α-hetero) is 1. The van der Waals surface area contributed by atoms with Gasteiger partial charge in [0.25, 0.3) is 11.7 Å². The van der Waals surface area contributed by atoms with Gasteiger partial charge in [-0.05, 0) is 42.0 Å². The summed E-state index contributed by atoms with van der Waals surface area (Å²) in [5, 5.41) is 11.4. The lowest BCUT2D eigenvalue weighted by atomic mass is 9.94. The van der Waals surface area contributed by atoms with E-state index < -0.39 is 17.7 Å². The van der Waals surface area contributed by atoms with Crippen LogP contribution in [0.3, 0.4) is 0 Å². The molecule has 0 aliphatic carbocycles. The van der Waals surface area contributed by atoms with Gasteiger partial charge in [0.15, 0.2) is 0 Å². The topological polar surface area (TPSA) is 76.1 Å². The Hall–Kier alpha value is -3.58. The Morgan fingerprint density at radius 1 is 0.875 bits per heavy atom. The first-order valence-electron chi connectivity index (χ1n) is 9.80. The number of aliphatic hydroxyl groups is 1. The van der Waals surface area contributed by atoms with Gasteiger partial charge in [-0.25, -0.2) is 0 Å². The number of hydrogen-bond acceptors (Lipinski definition) is 5. The van der Waals surface area contributed by atoms with Crippen molar-refractivity contribution >= 4 is 39.1 Å². The molecule has 3 aromatic carbocycles. The fraction of sp³-hybridized carbons (Fsp3) is 0.120. The first kappa shape index (κ1) is 21.6. The molecule has 0 aromatic heterocycles. The molecule has 1 unspecified atom stereocenters. The number of carbonyl (C=O) groups excluding carboxylic acids is 2. The summed E-state index contributed by atoms with van der Waals surface area (Å²) in [5.41, 5.74) is 1.40. The number of amides is 1. The zero-order valence-corrected chi connectivity index (χ0v) is 19.0. The molecule has 1 heterocycles. The molecule has 1 aliphatic heterocycles. The van der Waals surface area contributed by atoms with Crippen LogP contribution in [0.2, 0.25) is 0 Å². The van der Waals surface area contributed by atoms with Crippen LogP contribution in [0.5, 0.6) is 11.5 Å². The highest BCUT2D eigenvalue weighted by molar-refractivity contribution is 9.10. The van der Waals surface area contributed by atoms with Crippen molar-refractivity contribution in [1.29, 1.82) is 0 Å². The zero-order valence-electron chi connectivity index (χ0n) is 17.4. The predicted molar refractivity (Wildman–Crippen MR) is 125 cm³/mol. The third kappa shape index (κ3) is 3.65.